The standard InChI is InChI=1S/C13H11ClF5N5O.ClH/c14-7-1-6(13(17,18)19)4-24-9(22-23-10(7)24)3-20-11(25)8-2-12(15,16)5-21-8;/h1,4,8,21H,2-3,5H2,(H,20,25);1H. The second-order valence-electron chi connectivity index (χ2n) is 5.60. The Morgan fingerprint density at radius 2 is 2.12 bits per heavy atom. The van der Waals surface area contributed by atoms with Gasteiger partial charge in [-0.2, -0.15) is 13.2 Å². The second kappa shape index (κ2) is 7.12. The van der Waals surface area contributed by atoms with E-state index in [2.05, 4.69) is 20.8 Å². The van der Waals surface area contributed by atoms with Crippen molar-refractivity contribution in [3.05, 3.63) is 28.7 Å². The molecule has 0 saturated carbocycles. The van der Waals surface area contributed by atoms with Gasteiger partial charge in [-0.1, -0.05) is 11.6 Å². The SMILES string of the molecule is Cl.O=C(NCc1nnc2c(Cl)cc(C(F)(F)F)cn12)C1CC(F)(F)CN1. The summed E-state index contributed by atoms with van der Waals surface area (Å²) in [6.45, 7) is -0.898. The zero-order valence-corrected chi connectivity index (χ0v) is 14.4. The molecule has 2 aromatic heterocycles. The average molecular weight is 420 g/mol. The zero-order valence-electron chi connectivity index (χ0n) is 12.8. The van der Waals surface area contributed by atoms with Crippen LogP contribution in [0.2, 0.25) is 5.02 Å². The molecule has 6 nitrogen and oxygen atoms in total. The topological polar surface area (TPSA) is 71.3 Å². The predicted octanol–water partition coefficient (Wildman–Crippen LogP) is 2.44. The molecule has 3 heterocycles. The van der Waals surface area contributed by atoms with Gasteiger partial charge in [0.1, 0.15) is 0 Å². The van der Waals surface area contributed by atoms with Crippen LogP contribution in [0.25, 0.3) is 5.65 Å². The first kappa shape index (κ1) is 20.6. The van der Waals surface area contributed by atoms with E-state index in [1.54, 1.807) is 0 Å². The van der Waals surface area contributed by atoms with E-state index in [0.717, 1.165) is 16.7 Å². The molecule has 1 aliphatic rings. The molecule has 3 rings (SSSR count). The third-order valence-corrected chi connectivity index (χ3v) is 3.98. The summed E-state index contributed by atoms with van der Waals surface area (Å²) in [5.41, 5.74) is -1.01. The Kier molecular flexibility index (Phi) is 5.64. The largest absolute Gasteiger partial charge is 0.417 e. The fourth-order valence-corrected chi connectivity index (χ4v) is 2.71. The minimum atomic E-state index is -4.62. The summed E-state index contributed by atoms with van der Waals surface area (Å²) < 4.78 is 65.8. The highest BCUT2D eigenvalue weighted by atomic mass is 35.5. The number of hydrogen-bond donors (Lipinski definition) is 2. The Labute approximate surface area is 154 Å². The summed E-state index contributed by atoms with van der Waals surface area (Å²) in [7, 11) is 0. The first-order chi connectivity index (χ1) is 11.6. The normalized spacial score (nSPS) is 19.4. The minimum Gasteiger partial charge on any atom is -0.347 e. The molecule has 13 heteroatoms. The van der Waals surface area contributed by atoms with Crippen molar-refractivity contribution < 1.29 is 26.7 Å². The molecule has 1 saturated heterocycles. The molecule has 1 amide bonds. The molecule has 0 spiro atoms. The van der Waals surface area contributed by atoms with Crippen LogP contribution in [0, 0.1) is 0 Å². The quantitative estimate of drug-likeness (QED) is 0.749. The Balaban J connectivity index is 0.00000243. The van der Waals surface area contributed by atoms with E-state index in [0.29, 0.717) is 0 Å². The number of nitrogens with one attached hydrogen (secondary N) is 2. The van der Waals surface area contributed by atoms with E-state index in [9.17, 15) is 26.7 Å². The maximum absolute atomic E-state index is 13.1. The number of rotatable bonds is 3. The van der Waals surface area contributed by atoms with E-state index >= 15 is 0 Å². The van der Waals surface area contributed by atoms with Gasteiger partial charge < -0.3 is 5.32 Å². The number of fused-ring (bicyclic) bond motifs is 1. The second-order valence-corrected chi connectivity index (χ2v) is 6.00. The maximum atomic E-state index is 13.1. The van der Waals surface area contributed by atoms with Crippen molar-refractivity contribution in [1.82, 2.24) is 25.2 Å². The number of aromatic nitrogens is 3. The highest BCUT2D eigenvalue weighted by Gasteiger charge is 2.42. The van der Waals surface area contributed by atoms with Crippen LogP contribution in [0.4, 0.5) is 22.0 Å². The number of alkyl halides is 5. The number of halogens is 7. The molecule has 0 radical (unpaired) electrons. The smallest absolute Gasteiger partial charge is 0.347 e. The third kappa shape index (κ3) is 4.15. The molecule has 1 atom stereocenters. The minimum absolute atomic E-state index is 0. The first-order valence-corrected chi connectivity index (χ1v) is 7.44. The molecule has 2 N–H and O–H groups in total. The summed E-state index contributed by atoms with van der Waals surface area (Å²) in [5.74, 6) is -3.69. The van der Waals surface area contributed by atoms with Crippen LogP contribution in [0.1, 0.15) is 17.8 Å². The number of hydrogen-bond acceptors (Lipinski definition) is 4. The fraction of sp³-hybridized carbons (Fsp3) is 0.462. The predicted molar refractivity (Wildman–Crippen MR) is 83.4 cm³/mol. The van der Waals surface area contributed by atoms with Crippen LogP contribution >= 0.6 is 24.0 Å². The molecule has 1 fully saturated rings. The molecule has 0 bridgehead atoms. The van der Waals surface area contributed by atoms with E-state index in [1.165, 1.54) is 0 Å². The Morgan fingerprint density at radius 1 is 1.42 bits per heavy atom. The van der Waals surface area contributed by atoms with Crippen molar-refractivity contribution in [2.45, 2.75) is 31.1 Å². The Morgan fingerprint density at radius 3 is 2.69 bits per heavy atom. The van der Waals surface area contributed by atoms with Gasteiger partial charge in [-0.15, -0.1) is 22.6 Å². The third-order valence-electron chi connectivity index (χ3n) is 3.70. The van der Waals surface area contributed by atoms with Crippen molar-refractivity contribution in [3.8, 4) is 0 Å². The van der Waals surface area contributed by atoms with Gasteiger partial charge in [0.05, 0.1) is 29.7 Å². The van der Waals surface area contributed by atoms with E-state index in [1.807, 2.05) is 0 Å². The number of amides is 1. The van der Waals surface area contributed by atoms with Gasteiger partial charge in [0.25, 0.3) is 5.92 Å². The number of nitrogens with zero attached hydrogens (tertiary/aromatic N) is 3. The molecular weight excluding hydrogens is 408 g/mol. The summed E-state index contributed by atoms with van der Waals surface area (Å²) in [4.78, 5) is 11.9. The average Bonchev–Trinajstić information content (AvgIpc) is 3.07. The molecule has 0 aromatic carbocycles. The molecular formula is C13H12Cl2F5N5O. The lowest BCUT2D eigenvalue weighted by Crippen LogP contribution is -2.40. The van der Waals surface area contributed by atoms with Crippen molar-refractivity contribution >= 4 is 35.6 Å². The van der Waals surface area contributed by atoms with Crippen molar-refractivity contribution in [2.75, 3.05) is 6.54 Å². The van der Waals surface area contributed by atoms with Crippen LogP contribution in [-0.4, -0.2) is 39.0 Å². The lowest BCUT2D eigenvalue weighted by molar-refractivity contribution is -0.137. The van der Waals surface area contributed by atoms with Gasteiger partial charge in [-0.25, -0.2) is 8.78 Å². The monoisotopic (exact) mass is 419 g/mol. The summed E-state index contributed by atoms with van der Waals surface area (Å²) >= 11 is 5.78. The number of carbonyl (C=O) groups is 1. The van der Waals surface area contributed by atoms with Crippen molar-refractivity contribution in [3.63, 3.8) is 0 Å². The fourth-order valence-electron chi connectivity index (χ4n) is 2.47. The molecule has 2 aromatic rings. The molecule has 1 aliphatic heterocycles. The van der Waals surface area contributed by atoms with Crippen molar-refractivity contribution in [2.24, 2.45) is 0 Å². The van der Waals surface area contributed by atoms with E-state index < -0.39 is 42.6 Å². The lowest BCUT2D eigenvalue weighted by Gasteiger charge is -2.11. The summed E-state index contributed by atoms with van der Waals surface area (Å²) in [6.07, 6.45) is -4.52. The Bertz CT molecular complexity index is 825. The van der Waals surface area contributed by atoms with Gasteiger partial charge in [-0.3, -0.25) is 14.5 Å². The number of carbonyl (C=O) groups excluding carboxylic acids is 1. The van der Waals surface area contributed by atoms with Gasteiger partial charge in [0.2, 0.25) is 5.91 Å². The highest BCUT2D eigenvalue weighted by Crippen LogP contribution is 2.32. The first-order valence-electron chi connectivity index (χ1n) is 7.06. The molecule has 144 valence electrons. The molecule has 26 heavy (non-hydrogen) atoms. The molecule has 0 aliphatic carbocycles. The van der Waals surface area contributed by atoms with E-state index in [-0.39, 0.29) is 35.4 Å². The summed E-state index contributed by atoms with van der Waals surface area (Å²) in [5, 5.41) is 11.8. The van der Waals surface area contributed by atoms with Crippen LogP contribution < -0.4 is 10.6 Å². The van der Waals surface area contributed by atoms with Gasteiger partial charge >= 0.3 is 6.18 Å². The molecule has 1 unspecified atom stereocenters. The maximum Gasteiger partial charge on any atom is 0.417 e. The van der Waals surface area contributed by atoms with Gasteiger partial charge in [0.15, 0.2) is 11.5 Å². The number of pyridine rings is 1. The van der Waals surface area contributed by atoms with Crippen LogP contribution in [0.15, 0.2) is 12.3 Å². The highest BCUT2D eigenvalue weighted by molar-refractivity contribution is 6.33. The zero-order chi connectivity index (χ0) is 18.4. The van der Waals surface area contributed by atoms with Crippen molar-refractivity contribution in [1.29, 1.82) is 0 Å². The Hall–Kier alpha value is -1.72. The van der Waals surface area contributed by atoms with Crippen LogP contribution in [0.3, 0.4) is 0 Å². The van der Waals surface area contributed by atoms with Gasteiger partial charge in [0, 0.05) is 12.6 Å². The van der Waals surface area contributed by atoms with Crippen LogP contribution in [-0.2, 0) is 17.5 Å². The summed E-state index contributed by atoms with van der Waals surface area (Å²) in [6, 6.07) is -0.359. The van der Waals surface area contributed by atoms with Gasteiger partial charge in [-0.05, 0) is 6.07 Å². The van der Waals surface area contributed by atoms with E-state index in [4.69, 9.17) is 11.6 Å². The lowest BCUT2D eigenvalue weighted by atomic mass is 10.2. The van der Waals surface area contributed by atoms with Crippen LogP contribution in [0.5, 0.6) is 0 Å².